The van der Waals surface area contributed by atoms with Crippen LogP contribution in [0.25, 0.3) is 0 Å². The van der Waals surface area contributed by atoms with Crippen molar-refractivity contribution in [2.24, 2.45) is 4.99 Å². The molecule has 0 saturated carbocycles. The number of nitrogens with zero attached hydrogens (tertiary/aromatic N) is 2. The Bertz CT molecular complexity index is 580. The smallest absolute Gasteiger partial charge is 0.154 e. The number of aromatic nitrogens is 1. The van der Waals surface area contributed by atoms with Gasteiger partial charge in [0.1, 0.15) is 11.5 Å². The van der Waals surface area contributed by atoms with Crippen molar-refractivity contribution < 1.29 is 9.84 Å². The SMILES string of the molecule is COc1cccc(O)c1C=Nc1ncccc1C. The molecule has 2 aromatic rings. The lowest BCUT2D eigenvalue weighted by Gasteiger charge is -2.05. The highest BCUT2D eigenvalue weighted by Crippen LogP contribution is 2.26. The monoisotopic (exact) mass is 242 g/mol. The Morgan fingerprint density at radius 3 is 2.83 bits per heavy atom. The van der Waals surface area contributed by atoms with Gasteiger partial charge in [0.15, 0.2) is 5.82 Å². The summed E-state index contributed by atoms with van der Waals surface area (Å²) in [5.74, 6) is 1.34. The molecule has 2 rings (SSSR count). The van der Waals surface area contributed by atoms with Gasteiger partial charge in [-0.1, -0.05) is 12.1 Å². The number of pyridine rings is 1. The van der Waals surface area contributed by atoms with Gasteiger partial charge in [-0.05, 0) is 30.7 Å². The Morgan fingerprint density at radius 1 is 1.28 bits per heavy atom. The molecule has 4 heteroatoms. The number of phenols is 1. The molecule has 1 aromatic carbocycles. The highest BCUT2D eigenvalue weighted by molar-refractivity contribution is 5.88. The second kappa shape index (κ2) is 5.31. The van der Waals surface area contributed by atoms with E-state index in [1.807, 2.05) is 19.1 Å². The molecule has 0 fully saturated rings. The van der Waals surface area contributed by atoms with Crippen molar-refractivity contribution in [2.75, 3.05) is 7.11 Å². The van der Waals surface area contributed by atoms with E-state index in [0.717, 1.165) is 5.56 Å². The zero-order chi connectivity index (χ0) is 13.0. The maximum atomic E-state index is 9.78. The first-order valence-electron chi connectivity index (χ1n) is 5.54. The highest BCUT2D eigenvalue weighted by atomic mass is 16.5. The fraction of sp³-hybridized carbons (Fsp3) is 0.143. The summed E-state index contributed by atoms with van der Waals surface area (Å²) in [5, 5.41) is 9.78. The van der Waals surface area contributed by atoms with Crippen molar-refractivity contribution in [1.29, 1.82) is 0 Å². The largest absolute Gasteiger partial charge is 0.507 e. The summed E-state index contributed by atoms with van der Waals surface area (Å²) >= 11 is 0. The molecule has 0 atom stereocenters. The van der Waals surface area contributed by atoms with Crippen LogP contribution in [0.2, 0.25) is 0 Å². The fourth-order valence-corrected chi connectivity index (χ4v) is 1.58. The molecule has 1 aromatic heterocycles. The van der Waals surface area contributed by atoms with Crippen LogP contribution in [0.1, 0.15) is 11.1 Å². The molecule has 0 amide bonds. The molecule has 92 valence electrons. The third-order valence-corrected chi connectivity index (χ3v) is 2.56. The van der Waals surface area contributed by atoms with E-state index in [4.69, 9.17) is 4.74 Å². The average Bonchev–Trinajstić information content (AvgIpc) is 2.39. The standard InChI is InChI=1S/C14H14N2O2/c1-10-5-4-8-15-14(10)16-9-11-12(17)6-3-7-13(11)18-2/h3-9,17H,1-2H3. The quantitative estimate of drug-likeness (QED) is 0.842. The number of aromatic hydroxyl groups is 1. The number of hydrogen-bond acceptors (Lipinski definition) is 4. The van der Waals surface area contributed by atoms with Crippen molar-refractivity contribution in [1.82, 2.24) is 4.98 Å². The minimum absolute atomic E-state index is 0.131. The van der Waals surface area contributed by atoms with Crippen LogP contribution in [-0.4, -0.2) is 23.4 Å². The molecule has 0 spiro atoms. The van der Waals surface area contributed by atoms with Gasteiger partial charge in [0.2, 0.25) is 0 Å². The Balaban J connectivity index is 2.38. The predicted molar refractivity (Wildman–Crippen MR) is 70.9 cm³/mol. The summed E-state index contributed by atoms with van der Waals surface area (Å²) in [4.78, 5) is 8.43. The average molecular weight is 242 g/mol. The number of phenolic OH excluding ortho intramolecular Hbond substituents is 1. The second-order valence-corrected chi connectivity index (χ2v) is 3.80. The number of rotatable bonds is 3. The molecule has 0 saturated heterocycles. The van der Waals surface area contributed by atoms with E-state index in [2.05, 4.69) is 9.98 Å². The normalized spacial score (nSPS) is 10.8. The van der Waals surface area contributed by atoms with Crippen molar-refractivity contribution in [3.05, 3.63) is 47.7 Å². The number of hydrogen-bond donors (Lipinski definition) is 1. The summed E-state index contributed by atoms with van der Waals surface area (Å²) in [7, 11) is 1.55. The van der Waals surface area contributed by atoms with Gasteiger partial charge < -0.3 is 9.84 Å². The van der Waals surface area contributed by atoms with Crippen LogP contribution < -0.4 is 4.74 Å². The molecule has 0 aliphatic rings. The number of ether oxygens (including phenoxy) is 1. The van der Waals surface area contributed by atoms with E-state index in [-0.39, 0.29) is 5.75 Å². The topological polar surface area (TPSA) is 54.7 Å². The minimum Gasteiger partial charge on any atom is -0.507 e. The summed E-state index contributed by atoms with van der Waals surface area (Å²) < 4.78 is 5.17. The number of aliphatic imine (C=N–C) groups is 1. The van der Waals surface area contributed by atoms with Crippen molar-refractivity contribution in [2.45, 2.75) is 6.92 Å². The Morgan fingerprint density at radius 2 is 2.11 bits per heavy atom. The second-order valence-electron chi connectivity index (χ2n) is 3.80. The van der Waals surface area contributed by atoms with Gasteiger partial charge in [0, 0.05) is 12.4 Å². The Hall–Kier alpha value is -2.36. The van der Waals surface area contributed by atoms with E-state index < -0.39 is 0 Å². The van der Waals surface area contributed by atoms with Crippen molar-refractivity contribution in [3.8, 4) is 11.5 Å². The van der Waals surface area contributed by atoms with Crippen LogP contribution in [0.4, 0.5) is 5.82 Å². The van der Waals surface area contributed by atoms with Gasteiger partial charge in [-0.2, -0.15) is 0 Å². The molecule has 0 radical (unpaired) electrons. The molecule has 0 bridgehead atoms. The zero-order valence-electron chi connectivity index (χ0n) is 10.3. The third kappa shape index (κ3) is 2.48. The lowest BCUT2D eigenvalue weighted by molar-refractivity contribution is 0.406. The third-order valence-electron chi connectivity index (χ3n) is 2.56. The minimum atomic E-state index is 0.131. The molecule has 0 aliphatic carbocycles. The van der Waals surface area contributed by atoms with Crippen LogP contribution in [0.3, 0.4) is 0 Å². The van der Waals surface area contributed by atoms with Crippen LogP contribution in [0.5, 0.6) is 11.5 Å². The van der Waals surface area contributed by atoms with E-state index in [9.17, 15) is 5.11 Å². The molecule has 0 aliphatic heterocycles. The van der Waals surface area contributed by atoms with Gasteiger partial charge in [-0.3, -0.25) is 0 Å². The molecule has 4 nitrogen and oxygen atoms in total. The van der Waals surface area contributed by atoms with Crippen LogP contribution >= 0.6 is 0 Å². The van der Waals surface area contributed by atoms with E-state index in [0.29, 0.717) is 17.1 Å². The molecule has 1 heterocycles. The first-order valence-corrected chi connectivity index (χ1v) is 5.54. The van der Waals surface area contributed by atoms with Crippen LogP contribution in [0, 0.1) is 6.92 Å². The van der Waals surface area contributed by atoms with E-state index in [1.165, 1.54) is 0 Å². The van der Waals surface area contributed by atoms with Crippen LogP contribution in [-0.2, 0) is 0 Å². The zero-order valence-corrected chi connectivity index (χ0v) is 10.3. The first-order chi connectivity index (χ1) is 8.72. The maximum absolute atomic E-state index is 9.78. The maximum Gasteiger partial charge on any atom is 0.154 e. The lowest BCUT2D eigenvalue weighted by Crippen LogP contribution is -1.91. The fourth-order valence-electron chi connectivity index (χ4n) is 1.58. The number of aryl methyl sites for hydroxylation is 1. The number of benzene rings is 1. The Labute approximate surface area is 106 Å². The van der Waals surface area contributed by atoms with Crippen LogP contribution in [0.15, 0.2) is 41.5 Å². The predicted octanol–water partition coefficient (Wildman–Crippen LogP) is 2.85. The first kappa shape index (κ1) is 12.1. The summed E-state index contributed by atoms with van der Waals surface area (Å²) in [6.07, 6.45) is 3.24. The van der Waals surface area contributed by atoms with Crippen molar-refractivity contribution in [3.63, 3.8) is 0 Å². The lowest BCUT2D eigenvalue weighted by atomic mass is 10.2. The van der Waals surface area contributed by atoms with Crippen molar-refractivity contribution >= 4 is 12.0 Å². The van der Waals surface area contributed by atoms with E-state index >= 15 is 0 Å². The van der Waals surface area contributed by atoms with E-state index in [1.54, 1.807) is 37.7 Å². The van der Waals surface area contributed by atoms with Gasteiger partial charge in [-0.25, -0.2) is 9.98 Å². The van der Waals surface area contributed by atoms with Gasteiger partial charge in [0.05, 0.1) is 12.7 Å². The van der Waals surface area contributed by atoms with Gasteiger partial charge in [-0.15, -0.1) is 0 Å². The number of methoxy groups -OCH3 is 1. The molecule has 18 heavy (non-hydrogen) atoms. The summed E-state index contributed by atoms with van der Waals surface area (Å²) in [6, 6.07) is 8.87. The highest BCUT2D eigenvalue weighted by Gasteiger charge is 2.05. The molecule has 0 unspecified atom stereocenters. The van der Waals surface area contributed by atoms with Gasteiger partial charge >= 0.3 is 0 Å². The molecular formula is C14H14N2O2. The van der Waals surface area contributed by atoms with Gasteiger partial charge in [0.25, 0.3) is 0 Å². The molecular weight excluding hydrogens is 228 g/mol. The summed E-state index contributed by atoms with van der Waals surface area (Å²) in [6.45, 7) is 1.93. The Kier molecular flexibility index (Phi) is 3.57. The summed E-state index contributed by atoms with van der Waals surface area (Å²) in [5.41, 5.74) is 1.52. The molecule has 1 N–H and O–H groups in total.